The van der Waals surface area contributed by atoms with E-state index in [4.69, 9.17) is 4.74 Å². The summed E-state index contributed by atoms with van der Waals surface area (Å²) in [6.07, 6.45) is 2.65. The van der Waals surface area contributed by atoms with E-state index in [-0.39, 0.29) is 29.8 Å². The molecule has 10 heteroatoms. The van der Waals surface area contributed by atoms with Crippen molar-refractivity contribution >= 4 is 5.69 Å². The number of piperidine rings is 1. The van der Waals surface area contributed by atoms with Crippen molar-refractivity contribution in [1.82, 2.24) is 24.6 Å². The average molecular weight is 543 g/mol. The zero-order valence-corrected chi connectivity index (χ0v) is 23.0. The van der Waals surface area contributed by atoms with Gasteiger partial charge in [-0.15, -0.1) is 10.2 Å². The number of pyridine rings is 1. The predicted octanol–water partition coefficient (Wildman–Crippen LogP) is 5.73. The number of rotatable bonds is 8. The maximum atomic E-state index is 14.2. The number of nitrogens with one attached hydrogen (secondary N) is 1. The Morgan fingerprint density at radius 2 is 2.03 bits per heavy atom. The molecule has 0 radical (unpaired) electrons. The van der Waals surface area contributed by atoms with Crippen LogP contribution in [0.5, 0.6) is 0 Å². The van der Waals surface area contributed by atoms with Gasteiger partial charge in [0.05, 0.1) is 29.3 Å². The Balaban J connectivity index is 1.37. The van der Waals surface area contributed by atoms with E-state index in [2.05, 4.69) is 32.3 Å². The number of aromatic nitrogens is 4. The minimum Gasteiger partial charge on any atom is -0.381 e. The van der Waals surface area contributed by atoms with Crippen LogP contribution < -0.4 is 5.32 Å². The van der Waals surface area contributed by atoms with Gasteiger partial charge in [0, 0.05) is 38.6 Å². The number of anilines is 1. The van der Waals surface area contributed by atoms with E-state index in [1.807, 2.05) is 42.8 Å². The van der Waals surface area contributed by atoms with Gasteiger partial charge in [0.2, 0.25) is 0 Å². The van der Waals surface area contributed by atoms with E-state index in [9.17, 15) is 13.2 Å². The Hall–Kier alpha value is -2.98. The molecule has 2 atom stereocenters. The third kappa shape index (κ3) is 5.54. The molecule has 5 rings (SSSR count). The second kappa shape index (κ2) is 10.9. The minimum atomic E-state index is -4.49. The molecule has 0 amide bonds. The van der Waals surface area contributed by atoms with Crippen molar-refractivity contribution in [3.8, 4) is 0 Å². The van der Waals surface area contributed by atoms with Crippen LogP contribution in [-0.4, -0.2) is 51.0 Å². The smallest absolute Gasteiger partial charge is 0.381 e. The summed E-state index contributed by atoms with van der Waals surface area (Å²) in [5.41, 5.74) is 1.30. The summed E-state index contributed by atoms with van der Waals surface area (Å²) in [6, 6.07) is 8.97. The second-order valence-electron chi connectivity index (χ2n) is 11.2. The zero-order chi connectivity index (χ0) is 27.8. The maximum Gasteiger partial charge on any atom is 0.418 e. The SMILES string of the molecule is COC1CC(c2cccc(NCc3ncc(C(C)N4CCC[C@H](C)C4)cc3C(F)(F)F)c2)(c2nncn2C)C1. The van der Waals surface area contributed by atoms with Gasteiger partial charge >= 0.3 is 6.18 Å². The highest BCUT2D eigenvalue weighted by Crippen LogP contribution is 2.49. The fourth-order valence-corrected chi connectivity index (χ4v) is 6.17. The highest BCUT2D eigenvalue weighted by molar-refractivity contribution is 5.51. The molecular formula is C29H37F3N6O. The first-order chi connectivity index (χ1) is 18.6. The summed E-state index contributed by atoms with van der Waals surface area (Å²) in [5.74, 6) is 1.39. The third-order valence-electron chi connectivity index (χ3n) is 8.52. The zero-order valence-electron chi connectivity index (χ0n) is 23.0. The molecule has 1 N–H and O–H groups in total. The number of benzene rings is 1. The molecule has 210 valence electrons. The molecular weight excluding hydrogens is 505 g/mol. The first-order valence-corrected chi connectivity index (χ1v) is 13.6. The first-order valence-electron chi connectivity index (χ1n) is 13.6. The fraction of sp³-hybridized carbons (Fsp3) is 0.552. The van der Waals surface area contributed by atoms with Crippen molar-refractivity contribution in [1.29, 1.82) is 0 Å². The summed E-state index contributed by atoms with van der Waals surface area (Å²) < 4.78 is 49.9. The third-order valence-corrected chi connectivity index (χ3v) is 8.52. The van der Waals surface area contributed by atoms with E-state index < -0.39 is 11.7 Å². The molecule has 39 heavy (non-hydrogen) atoms. The van der Waals surface area contributed by atoms with E-state index in [0.717, 1.165) is 55.8 Å². The van der Waals surface area contributed by atoms with Crippen LogP contribution >= 0.6 is 0 Å². The van der Waals surface area contributed by atoms with E-state index in [1.54, 1.807) is 19.6 Å². The number of hydrogen-bond donors (Lipinski definition) is 1. The molecule has 0 spiro atoms. The largest absolute Gasteiger partial charge is 0.418 e. The van der Waals surface area contributed by atoms with Crippen LogP contribution in [0.3, 0.4) is 0 Å². The van der Waals surface area contributed by atoms with Gasteiger partial charge in [-0.05, 0) is 74.4 Å². The normalized spacial score (nSPS) is 24.8. The monoisotopic (exact) mass is 542 g/mol. The lowest BCUT2D eigenvalue weighted by Crippen LogP contribution is -2.48. The van der Waals surface area contributed by atoms with Crippen LogP contribution in [0.4, 0.5) is 18.9 Å². The van der Waals surface area contributed by atoms with Gasteiger partial charge in [0.1, 0.15) is 12.2 Å². The van der Waals surface area contributed by atoms with Gasteiger partial charge in [0.15, 0.2) is 0 Å². The molecule has 3 aromatic rings. The standard InChI is InChI=1S/C29H37F3N6O/c1-19-7-6-10-38(17-19)20(2)21-11-25(29(30,31)32)26(34-15-21)16-33-23-9-5-8-22(12-23)28(13-24(14-28)39-4)27-36-35-18-37(27)3/h5,8-9,11-12,15,18-20,24,33H,6-7,10,13-14,16-17H2,1-4H3/t19-,20?,24?,28?/m0/s1. The topological polar surface area (TPSA) is 68.1 Å². The minimum absolute atomic E-state index is 0.0121. The fourth-order valence-electron chi connectivity index (χ4n) is 6.17. The number of hydrogen-bond acceptors (Lipinski definition) is 6. The number of halogens is 3. The molecule has 1 saturated carbocycles. The Labute approximate surface area is 227 Å². The highest BCUT2D eigenvalue weighted by atomic mass is 19.4. The highest BCUT2D eigenvalue weighted by Gasteiger charge is 2.50. The van der Waals surface area contributed by atoms with Crippen LogP contribution in [0.15, 0.2) is 42.9 Å². The van der Waals surface area contributed by atoms with Crippen LogP contribution in [0.25, 0.3) is 0 Å². The van der Waals surface area contributed by atoms with Crippen LogP contribution in [0, 0.1) is 5.92 Å². The lowest BCUT2D eigenvalue weighted by atomic mass is 9.62. The van der Waals surface area contributed by atoms with Crippen molar-refractivity contribution in [2.24, 2.45) is 13.0 Å². The quantitative estimate of drug-likeness (QED) is 0.392. The molecule has 1 aliphatic heterocycles. The number of nitrogens with zero attached hydrogens (tertiary/aromatic N) is 5. The van der Waals surface area contributed by atoms with E-state index in [1.165, 1.54) is 6.07 Å². The molecule has 1 aliphatic carbocycles. The average Bonchev–Trinajstić information content (AvgIpc) is 3.32. The lowest BCUT2D eigenvalue weighted by Gasteiger charge is -2.46. The summed E-state index contributed by atoms with van der Waals surface area (Å²) in [6.45, 7) is 5.92. The van der Waals surface area contributed by atoms with Crippen molar-refractivity contribution in [3.05, 3.63) is 71.1 Å². The van der Waals surface area contributed by atoms with Crippen molar-refractivity contribution in [2.75, 3.05) is 25.5 Å². The molecule has 1 aromatic carbocycles. The number of likely N-dealkylation sites (tertiary alicyclic amines) is 1. The lowest BCUT2D eigenvalue weighted by molar-refractivity contribution is -0.138. The molecule has 3 heterocycles. The van der Waals surface area contributed by atoms with Gasteiger partial charge in [-0.25, -0.2) is 0 Å². The van der Waals surface area contributed by atoms with E-state index >= 15 is 0 Å². The van der Waals surface area contributed by atoms with Crippen LogP contribution in [0.1, 0.15) is 73.8 Å². The molecule has 1 unspecified atom stereocenters. The summed E-state index contributed by atoms with van der Waals surface area (Å²) in [5, 5.41) is 11.6. The summed E-state index contributed by atoms with van der Waals surface area (Å²) in [7, 11) is 3.62. The molecule has 2 aromatic heterocycles. The number of methoxy groups -OCH3 is 1. The second-order valence-corrected chi connectivity index (χ2v) is 11.2. The Bertz CT molecular complexity index is 1290. The van der Waals surface area contributed by atoms with Gasteiger partial charge < -0.3 is 14.6 Å². The van der Waals surface area contributed by atoms with Crippen LogP contribution in [-0.2, 0) is 29.9 Å². The summed E-state index contributed by atoms with van der Waals surface area (Å²) >= 11 is 0. The molecule has 2 aliphatic rings. The number of aryl methyl sites for hydroxylation is 1. The van der Waals surface area contributed by atoms with Gasteiger partial charge in [-0.2, -0.15) is 13.2 Å². The van der Waals surface area contributed by atoms with Gasteiger partial charge in [0.25, 0.3) is 0 Å². The number of ether oxygens (including phenoxy) is 1. The van der Waals surface area contributed by atoms with E-state index in [0.29, 0.717) is 11.5 Å². The Morgan fingerprint density at radius 1 is 1.23 bits per heavy atom. The maximum absolute atomic E-state index is 14.2. The Morgan fingerprint density at radius 3 is 2.69 bits per heavy atom. The molecule has 1 saturated heterocycles. The molecule has 0 bridgehead atoms. The van der Waals surface area contributed by atoms with Crippen molar-refractivity contribution in [2.45, 2.75) is 69.8 Å². The van der Waals surface area contributed by atoms with Crippen LogP contribution in [0.2, 0.25) is 0 Å². The molecule has 2 fully saturated rings. The Kier molecular flexibility index (Phi) is 7.70. The first kappa shape index (κ1) is 27.6. The predicted molar refractivity (Wildman–Crippen MR) is 143 cm³/mol. The van der Waals surface area contributed by atoms with Gasteiger partial charge in [-0.3, -0.25) is 9.88 Å². The number of alkyl halides is 3. The summed E-state index contributed by atoms with van der Waals surface area (Å²) in [4.78, 5) is 6.58. The van der Waals surface area contributed by atoms with Crippen molar-refractivity contribution < 1.29 is 17.9 Å². The molecule has 7 nitrogen and oxygen atoms in total. The van der Waals surface area contributed by atoms with Gasteiger partial charge in [-0.1, -0.05) is 19.1 Å². The van der Waals surface area contributed by atoms with Crippen molar-refractivity contribution in [3.63, 3.8) is 0 Å².